The van der Waals surface area contributed by atoms with E-state index < -0.39 is 5.97 Å². The molecule has 0 aliphatic rings. The topological polar surface area (TPSA) is 37.3 Å². The van der Waals surface area contributed by atoms with Crippen LogP contribution in [0.3, 0.4) is 0 Å². The Balaban J connectivity index is 2.95. The van der Waals surface area contributed by atoms with Gasteiger partial charge in [-0.15, -0.1) is 0 Å². The SMILES string of the molecule is Cc1ccc(CC(C(=O)O)C(C)(C)C)cc1C. The molecule has 2 heteroatoms. The van der Waals surface area contributed by atoms with Crippen molar-refractivity contribution in [2.75, 3.05) is 0 Å². The zero-order valence-corrected chi connectivity index (χ0v) is 11.4. The number of aliphatic carboxylic acids is 1. The summed E-state index contributed by atoms with van der Waals surface area (Å²) < 4.78 is 0. The summed E-state index contributed by atoms with van der Waals surface area (Å²) in [5, 5.41) is 9.29. The summed E-state index contributed by atoms with van der Waals surface area (Å²) in [6.07, 6.45) is 0.597. The van der Waals surface area contributed by atoms with E-state index >= 15 is 0 Å². The van der Waals surface area contributed by atoms with Gasteiger partial charge in [0.05, 0.1) is 5.92 Å². The van der Waals surface area contributed by atoms with E-state index in [0.717, 1.165) is 5.56 Å². The van der Waals surface area contributed by atoms with E-state index in [0.29, 0.717) is 6.42 Å². The van der Waals surface area contributed by atoms with Gasteiger partial charge in [0.15, 0.2) is 0 Å². The van der Waals surface area contributed by atoms with Crippen LogP contribution in [0.25, 0.3) is 0 Å². The van der Waals surface area contributed by atoms with Crippen LogP contribution in [-0.4, -0.2) is 11.1 Å². The zero-order valence-electron chi connectivity index (χ0n) is 11.4. The number of carbonyl (C=O) groups is 1. The Morgan fingerprint density at radius 2 is 1.82 bits per heavy atom. The summed E-state index contributed by atoms with van der Waals surface area (Å²) in [5.74, 6) is -1.06. The molecule has 0 heterocycles. The van der Waals surface area contributed by atoms with Crippen LogP contribution in [0.1, 0.15) is 37.5 Å². The molecule has 0 radical (unpaired) electrons. The molecule has 1 N–H and O–H groups in total. The Labute approximate surface area is 104 Å². The molecule has 0 aliphatic heterocycles. The van der Waals surface area contributed by atoms with Crippen molar-refractivity contribution in [2.24, 2.45) is 11.3 Å². The Hall–Kier alpha value is -1.31. The number of carboxylic acids is 1. The molecule has 17 heavy (non-hydrogen) atoms. The molecular weight excluding hydrogens is 212 g/mol. The molecule has 0 bridgehead atoms. The lowest BCUT2D eigenvalue weighted by Gasteiger charge is -2.27. The predicted octanol–water partition coefficient (Wildman–Crippen LogP) is 3.59. The van der Waals surface area contributed by atoms with E-state index in [1.165, 1.54) is 11.1 Å². The van der Waals surface area contributed by atoms with E-state index in [9.17, 15) is 9.90 Å². The van der Waals surface area contributed by atoms with E-state index in [-0.39, 0.29) is 11.3 Å². The summed E-state index contributed by atoms with van der Waals surface area (Å²) in [7, 11) is 0. The number of hydrogen-bond acceptors (Lipinski definition) is 1. The highest BCUT2D eigenvalue weighted by Crippen LogP contribution is 2.29. The Morgan fingerprint density at radius 1 is 1.24 bits per heavy atom. The van der Waals surface area contributed by atoms with E-state index in [2.05, 4.69) is 26.0 Å². The van der Waals surface area contributed by atoms with Gasteiger partial charge in [-0.05, 0) is 42.4 Å². The second-order valence-corrected chi connectivity index (χ2v) is 5.88. The van der Waals surface area contributed by atoms with Crippen molar-refractivity contribution in [1.82, 2.24) is 0 Å². The zero-order chi connectivity index (χ0) is 13.2. The van der Waals surface area contributed by atoms with E-state index in [1.54, 1.807) is 0 Å². The van der Waals surface area contributed by atoms with Crippen molar-refractivity contribution in [1.29, 1.82) is 0 Å². The molecule has 0 amide bonds. The second-order valence-electron chi connectivity index (χ2n) is 5.88. The lowest BCUT2D eigenvalue weighted by molar-refractivity contribution is -0.145. The second kappa shape index (κ2) is 4.91. The molecule has 1 aromatic rings. The van der Waals surface area contributed by atoms with Gasteiger partial charge >= 0.3 is 5.97 Å². The van der Waals surface area contributed by atoms with Gasteiger partial charge in [0.1, 0.15) is 0 Å². The first-order valence-electron chi connectivity index (χ1n) is 6.00. The highest BCUT2D eigenvalue weighted by Gasteiger charge is 2.31. The minimum absolute atomic E-state index is 0.218. The predicted molar refractivity (Wildman–Crippen MR) is 70.2 cm³/mol. The smallest absolute Gasteiger partial charge is 0.307 e. The van der Waals surface area contributed by atoms with Crippen molar-refractivity contribution in [2.45, 2.75) is 41.0 Å². The average Bonchev–Trinajstić information content (AvgIpc) is 2.17. The molecule has 1 atom stereocenters. The van der Waals surface area contributed by atoms with Crippen molar-refractivity contribution in [3.8, 4) is 0 Å². The van der Waals surface area contributed by atoms with Crippen LogP contribution >= 0.6 is 0 Å². The summed E-state index contributed by atoms with van der Waals surface area (Å²) in [4.78, 5) is 11.3. The number of carboxylic acid groups (broad SMARTS) is 1. The largest absolute Gasteiger partial charge is 0.481 e. The van der Waals surface area contributed by atoms with Crippen LogP contribution in [0, 0.1) is 25.2 Å². The van der Waals surface area contributed by atoms with Crippen molar-refractivity contribution < 1.29 is 9.90 Å². The molecule has 0 aliphatic carbocycles. The van der Waals surface area contributed by atoms with Crippen LogP contribution < -0.4 is 0 Å². The minimum Gasteiger partial charge on any atom is -0.481 e. The van der Waals surface area contributed by atoms with Crippen LogP contribution in [0.5, 0.6) is 0 Å². The summed E-state index contributed by atoms with van der Waals surface area (Å²) in [6, 6.07) is 6.19. The third kappa shape index (κ3) is 3.58. The molecule has 1 aromatic carbocycles. The molecule has 1 rings (SSSR count). The van der Waals surface area contributed by atoms with E-state index in [4.69, 9.17) is 0 Å². The quantitative estimate of drug-likeness (QED) is 0.867. The van der Waals surface area contributed by atoms with Crippen LogP contribution in [-0.2, 0) is 11.2 Å². The maximum atomic E-state index is 11.3. The van der Waals surface area contributed by atoms with Crippen molar-refractivity contribution >= 4 is 5.97 Å². The standard InChI is InChI=1S/C15H22O2/c1-10-6-7-12(8-11(10)2)9-13(14(16)17)15(3,4)5/h6-8,13H,9H2,1-5H3,(H,16,17). The summed E-state index contributed by atoms with van der Waals surface area (Å²) in [6.45, 7) is 10.1. The van der Waals surface area contributed by atoms with Gasteiger partial charge in [-0.2, -0.15) is 0 Å². The molecule has 0 saturated carbocycles. The van der Waals surface area contributed by atoms with Gasteiger partial charge in [-0.25, -0.2) is 0 Å². The first-order valence-corrected chi connectivity index (χ1v) is 6.00. The van der Waals surface area contributed by atoms with Gasteiger partial charge in [0.2, 0.25) is 0 Å². The van der Waals surface area contributed by atoms with Gasteiger partial charge < -0.3 is 5.11 Å². The highest BCUT2D eigenvalue weighted by molar-refractivity contribution is 5.71. The molecule has 0 fully saturated rings. The van der Waals surface area contributed by atoms with Crippen LogP contribution in [0.4, 0.5) is 0 Å². The lowest BCUT2D eigenvalue weighted by Crippen LogP contribution is -2.30. The number of aryl methyl sites for hydroxylation is 2. The monoisotopic (exact) mass is 234 g/mol. The average molecular weight is 234 g/mol. The third-order valence-corrected chi connectivity index (χ3v) is 3.35. The Kier molecular flexibility index (Phi) is 3.97. The number of benzene rings is 1. The Morgan fingerprint density at radius 3 is 2.24 bits per heavy atom. The first-order chi connectivity index (χ1) is 7.71. The lowest BCUT2D eigenvalue weighted by atomic mass is 9.77. The third-order valence-electron chi connectivity index (χ3n) is 3.35. The fourth-order valence-corrected chi connectivity index (χ4v) is 1.93. The van der Waals surface area contributed by atoms with Crippen molar-refractivity contribution in [3.63, 3.8) is 0 Å². The molecule has 94 valence electrons. The maximum Gasteiger partial charge on any atom is 0.307 e. The van der Waals surface area contributed by atoms with Gasteiger partial charge in [0, 0.05) is 0 Å². The molecule has 1 unspecified atom stereocenters. The van der Waals surface area contributed by atoms with Gasteiger partial charge in [-0.1, -0.05) is 39.0 Å². The normalized spacial score (nSPS) is 13.5. The summed E-state index contributed by atoms with van der Waals surface area (Å²) in [5.41, 5.74) is 3.36. The number of hydrogen-bond donors (Lipinski definition) is 1. The van der Waals surface area contributed by atoms with Crippen LogP contribution in [0.15, 0.2) is 18.2 Å². The molecular formula is C15H22O2. The Bertz CT molecular complexity index is 413. The minimum atomic E-state index is -0.712. The maximum absolute atomic E-state index is 11.3. The van der Waals surface area contributed by atoms with Crippen LogP contribution in [0.2, 0.25) is 0 Å². The fourth-order valence-electron chi connectivity index (χ4n) is 1.93. The molecule has 2 nitrogen and oxygen atoms in total. The molecule has 0 saturated heterocycles. The highest BCUT2D eigenvalue weighted by atomic mass is 16.4. The van der Waals surface area contributed by atoms with Gasteiger partial charge in [-0.3, -0.25) is 4.79 Å². The summed E-state index contributed by atoms with van der Waals surface area (Å²) >= 11 is 0. The van der Waals surface area contributed by atoms with E-state index in [1.807, 2.05) is 26.8 Å². The molecule has 0 spiro atoms. The number of rotatable bonds is 3. The molecule has 0 aromatic heterocycles. The van der Waals surface area contributed by atoms with Crippen molar-refractivity contribution in [3.05, 3.63) is 34.9 Å². The van der Waals surface area contributed by atoms with Gasteiger partial charge in [0.25, 0.3) is 0 Å². The first kappa shape index (κ1) is 13.8. The fraction of sp³-hybridized carbons (Fsp3) is 0.533.